The highest BCUT2D eigenvalue weighted by atomic mass is 19.4. The third-order valence-electron chi connectivity index (χ3n) is 3.91. The number of likely N-dealkylation sites (tertiary alicyclic amines) is 1. The van der Waals surface area contributed by atoms with E-state index in [1.54, 1.807) is 0 Å². The minimum absolute atomic E-state index is 0.0609. The summed E-state index contributed by atoms with van der Waals surface area (Å²) in [6.45, 7) is 0.641. The Morgan fingerprint density at radius 2 is 2.08 bits per heavy atom. The maximum atomic E-state index is 12.5. The largest absolute Gasteiger partial charge is 0.468 e. The zero-order valence-corrected chi connectivity index (χ0v) is 13.0. The second-order valence-corrected chi connectivity index (χ2v) is 5.77. The number of ether oxygens (including phenoxy) is 1. The van der Waals surface area contributed by atoms with Crippen molar-refractivity contribution in [1.82, 2.24) is 9.88 Å². The smallest absolute Gasteiger partial charge is 0.422 e. The summed E-state index contributed by atoms with van der Waals surface area (Å²) in [7, 11) is 0. The quantitative estimate of drug-likeness (QED) is 0.901. The number of primary amides is 1. The second kappa shape index (κ2) is 7.06. The number of aromatic nitrogens is 1. The highest BCUT2D eigenvalue weighted by molar-refractivity contribution is 5.94. The zero-order valence-electron chi connectivity index (χ0n) is 13.0. The van der Waals surface area contributed by atoms with Crippen LogP contribution in [0, 0.1) is 5.92 Å². The van der Waals surface area contributed by atoms with Gasteiger partial charge < -0.3 is 15.4 Å². The number of hydrogen-bond acceptors (Lipinski definition) is 4. The average Bonchev–Trinajstić information content (AvgIpc) is 2.52. The van der Waals surface area contributed by atoms with E-state index in [4.69, 9.17) is 5.73 Å². The summed E-state index contributed by atoms with van der Waals surface area (Å²) in [4.78, 5) is 29.1. The van der Waals surface area contributed by atoms with Gasteiger partial charge in [-0.15, -0.1) is 0 Å². The number of pyridine rings is 1. The first-order chi connectivity index (χ1) is 11.2. The SMILES string of the molecule is CC1CCC(C(N)=O)CN1C(=O)c1ccc(OCC(F)(F)F)nc1. The van der Waals surface area contributed by atoms with Gasteiger partial charge in [0.1, 0.15) is 0 Å². The molecule has 2 heterocycles. The molecule has 1 aromatic rings. The summed E-state index contributed by atoms with van der Waals surface area (Å²) in [5.74, 6) is -1.41. The molecule has 0 aliphatic carbocycles. The molecule has 2 atom stereocenters. The lowest BCUT2D eigenvalue weighted by molar-refractivity contribution is -0.154. The molecule has 0 spiro atoms. The van der Waals surface area contributed by atoms with Crippen LogP contribution in [0.2, 0.25) is 0 Å². The molecule has 132 valence electrons. The van der Waals surface area contributed by atoms with Crippen LogP contribution in [0.15, 0.2) is 18.3 Å². The summed E-state index contributed by atoms with van der Waals surface area (Å²) in [5, 5.41) is 0. The Labute approximate surface area is 136 Å². The zero-order chi connectivity index (χ0) is 17.9. The van der Waals surface area contributed by atoms with Crippen molar-refractivity contribution in [2.45, 2.75) is 32.0 Å². The van der Waals surface area contributed by atoms with E-state index in [1.807, 2.05) is 6.92 Å². The normalized spacial score (nSPS) is 21.4. The minimum Gasteiger partial charge on any atom is -0.468 e. The second-order valence-electron chi connectivity index (χ2n) is 5.77. The van der Waals surface area contributed by atoms with Crippen LogP contribution in [0.3, 0.4) is 0 Å². The lowest BCUT2D eigenvalue weighted by atomic mass is 9.92. The van der Waals surface area contributed by atoms with E-state index < -0.39 is 24.6 Å². The molecule has 0 radical (unpaired) electrons. The Hall–Kier alpha value is -2.32. The topological polar surface area (TPSA) is 85.5 Å². The molecular weight excluding hydrogens is 327 g/mol. The van der Waals surface area contributed by atoms with E-state index in [9.17, 15) is 22.8 Å². The molecule has 1 saturated heterocycles. The molecule has 2 N–H and O–H groups in total. The monoisotopic (exact) mass is 345 g/mol. The average molecular weight is 345 g/mol. The van der Waals surface area contributed by atoms with Gasteiger partial charge in [0.25, 0.3) is 5.91 Å². The molecule has 2 rings (SSSR count). The Morgan fingerprint density at radius 3 is 2.62 bits per heavy atom. The highest BCUT2D eigenvalue weighted by Gasteiger charge is 2.32. The van der Waals surface area contributed by atoms with Gasteiger partial charge in [-0.05, 0) is 25.8 Å². The first kappa shape index (κ1) is 18.0. The predicted molar refractivity (Wildman–Crippen MR) is 78.2 cm³/mol. The summed E-state index contributed by atoms with van der Waals surface area (Å²) < 4.78 is 40.8. The van der Waals surface area contributed by atoms with Crippen LogP contribution in [0.4, 0.5) is 13.2 Å². The van der Waals surface area contributed by atoms with Crippen LogP contribution in [-0.4, -0.2) is 47.1 Å². The van der Waals surface area contributed by atoms with Crippen molar-refractivity contribution in [2.24, 2.45) is 11.7 Å². The first-order valence-electron chi connectivity index (χ1n) is 7.43. The van der Waals surface area contributed by atoms with Crippen molar-refractivity contribution in [1.29, 1.82) is 0 Å². The highest BCUT2D eigenvalue weighted by Crippen LogP contribution is 2.24. The van der Waals surface area contributed by atoms with E-state index in [0.29, 0.717) is 12.8 Å². The number of alkyl halides is 3. The van der Waals surface area contributed by atoms with Crippen molar-refractivity contribution in [3.8, 4) is 5.88 Å². The van der Waals surface area contributed by atoms with Crippen LogP contribution in [-0.2, 0) is 4.79 Å². The van der Waals surface area contributed by atoms with Crippen molar-refractivity contribution in [3.63, 3.8) is 0 Å². The Kier molecular flexibility index (Phi) is 5.30. The number of halogens is 3. The van der Waals surface area contributed by atoms with Crippen LogP contribution in [0.25, 0.3) is 0 Å². The number of nitrogens with two attached hydrogens (primary N) is 1. The first-order valence-corrected chi connectivity index (χ1v) is 7.43. The van der Waals surface area contributed by atoms with E-state index in [1.165, 1.54) is 17.0 Å². The fraction of sp³-hybridized carbons (Fsp3) is 0.533. The van der Waals surface area contributed by atoms with Gasteiger partial charge in [-0.3, -0.25) is 9.59 Å². The number of amides is 2. The van der Waals surface area contributed by atoms with Gasteiger partial charge >= 0.3 is 6.18 Å². The fourth-order valence-electron chi connectivity index (χ4n) is 2.54. The summed E-state index contributed by atoms with van der Waals surface area (Å²) in [6, 6.07) is 2.50. The van der Waals surface area contributed by atoms with E-state index >= 15 is 0 Å². The molecule has 0 aromatic carbocycles. The summed E-state index contributed by atoms with van der Waals surface area (Å²) >= 11 is 0. The standard InChI is InChI=1S/C15H18F3N3O3/c1-9-2-3-11(13(19)22)7-21(9)14(23)10-4-5-12(20-6-10)24-8-15(16,17)18/h4-6,9,11H,2-3,7-8H2,1H3,(H2,19,22). The number of rotatable bonds is 4. The van der Waals surface area contributed by atoms with Crippen LogP contribution >= 0.6 is 0 Å². The van der Waals surface area contributed by atoms with Crippen LogP contribution < -0.4 is 10.5 Å². The van der Waals surface area contributed by atoms with E-state index in [2.05, 4.69) is 9.72 Å². The molecule has 1 aromatic heterocycles. The fourth-order valence-corrected chi connectivity index (χ4v) is 2.54. The van der Waals surface area contributed by atoms with Crippen molar-refractivity contribution < 1.29 is 27.5 Å². The van der Waals surface area contributed by atoms with E-state index in [0.717, 1.165) is 6.20 Å². The number of hydrogen-bond donors (Lipinski definition) is 1. The van der Waals surface area contributed by atoms with Gasteiger partial charge in [0.15, 0.2) is 6.61 Å². The van der Waals surface area contributed by atoms with Crippen LogP contribution in [0.5, 0.6) is 5.88 Å². The van der Waals surface area contributed by atoms with Gasteiger partial charge in [-0.2, -0.15) is 13.2 Å². The molecule has 0 bridgehead atoms. The van der Waals surface area contributed by atoms with E-state index in [-0.39, 0.29) is 29.9 Å². The maximum absolute atomic E-state index is 12.5. The number of piperidine rings is 1. The van der Waals surface area contributed by atoms with Crippen molar-refractivity contribution >= 4 is 11.8 Å². The molecule has 2 unspecified atom stereocenters. The van der Waals surface area contributed by atoms with Crippen molar-refractivity contribution in [3.05, 3.63) is 23.9 Å². The lowest BCUT2D eigenvalue weighted by Crippen LogP contribution is -2.48. The van der Waals surface area contributed by atoms with Gasteiger partial charge in [0.05, 0.1) is 11.5 Å². The van der Waals surface area contributed by atoms with Crippen molar-refractivity contribution in [2.75, 3.05) is 13.2 Å². The van der Waals surface area contributed by atoms with Gasteiger partial charge in [0, 0.05) is 24.8 Å². The third-order valence-corrected chi connectivity index (χ3v) is 3.91. The van der Waals surface area contributed by atoms with Crippen LogP contribution in [0.1, 0.15) is 30.1 Å². The molecular formula is C15H18F3N3O3. The number of carbonyl (C=O) groups excluding carboxylic acids is 2. The maximum Gasteiger partial charge on any atom is 0.422 e. The van der Waals surface area contributed by atoms with Gasteiger partial charge in [-0.1, -0.05) is 0 Å². The molecule has 2 amide bonds. The molecule has 1 fully saturated rings. The summed E-state index contributed by atoms with van der Waals surface area (Å²) in [6.07, 6.45) is -2.01. The van der Waals surface area contributed by atoms with Gasteiger partial charge in [-0.25, -0.2) is 4.98 Å². The molecule has 1 aliphatic heterocycles. The minimum atomic E-state index is -4.46. The lowest BCUT2D eigenvalue weighted by Gasteiger charge is -2.36. The Morgan fingerprint density at radius 1 is 1.38 bits per heavy atom. The molecule has 0 saturated carbocycles. The number of nitrogens with zero attached hydrogens (tertiary/aromatic N) is 2. The molecule has 1 aliphatic rings. The van der Waals surface area contributed by atoms with Gasteiger partial charge in [0.2, 0.25) is 11.8 Å². The number of carbonyl (C=O) groups is 2. The third kappa shape index (κ3) is 4.59. The molecule has 24 heavy (non-hydrogen) atoms. The predicted octanol–water partition coefficient (Wildman–Crippen LogP) is 1.75. The Bertz CT molecular complexity index is 604. The molecule has 9 heteroatoms. The molecule has 6 nitrogen and oxygen atoms in total. The Balaban J connectivity index is 2.04. The summed E-state index contributed by atoms with van der Waals surface area (Å²) in [5.41, 5.74) is 5.52.